The van der Waals surface area contributed by atoms with Gasteiger partial charge in [0, 0.05) is 25.5 Å². The van der Waals surface area contributed by atoms with Gasteiger partial charge in [0.1, 0.15) is 6.04 Å². The molecule has 6 heteroatoms. The molecule has 1 atom stereocenters. The summed E-state index contributed by atoms with van der Waals surface area (Å²) in [6.07, 6.45) is 5.50. The molecule has 0 aliphatic heterocycles. The smallest absolute Gasteiger partial charge is 0.242 e. The summed E-state index contributed by atoms with van der Waals surface area (Å²) in [5, 5.41) is 8.02. The first kappa shape index (κ1) is 19.6. The Kier molecular flexibility index (Phi) is 6.42. The average molecular weight is 378 g/mol. The molecule has 0 aliphatic carbocycles. The van der Waals surface area contributed by atoms with E-state index in [1.165, 1.54) is 0 Å². The molecule has 0 fully saturated rings. The summed E-state index contributed by atoms with van der Waals surface area (Å²) >= 11 is 0. The molecule has 1 aromatic heterocycles. The van der Waals surface area contributed by atoms with Crippen molar-refractivity contribution in [1.29, 1.82) is 0 Å². The number of fused-ring (bicyclic) bond motifs is 1. The molecule has 0 bridgehead atoms. The van der Waals surface area contributed by atoms with Gasteiger partial charge < -0.3 is 15.2 Å². The van der Waals surface area contributed by atoms with Crippen molar-refractivity contribution < 1.29 is 9.59 Å². The van der Waals surface area contributed by atoms with Crippen molar-refractivity contribution in [3.63, 3.8) is 0 Å². The first-order valence-corrected chi connectivity index (χ1v) is 9.53. The molecule has 1 heterocycles. The summed E-state index contributed by atoms with van der Waals surface area (Å²) in [4.78, 5) is 29.0. The summed E-state index contributed by atoms with van der Waals surface area (Å²) < 4.78 is 1.89. The highest BCUT2D eigenvalue weighted by atomic mass is 16.2. The van der Waals surface area contributed by atoms with Gasteiger partial charge in [-0.15, -0.1) is 0 Å². The molecule has 146 valence electrons. The van der Waals surface area contributed by atoms with Crippen molar-refractivity contribution in [2.75, 3.05) is 6.54 Å². The van der Waals surface area contributed by atoms with E-state index in [-0.39, 0.29) is 24.2 Å². The van der Waals surface area contributed by atoms with Crippen LogP contribution in [0.2, 0.25) is 0 Å². The van der Waals surface area contributed by atoms with Crippen LogP contribution in [0.5, 0.6) is 0 Å². The van der Waals surface area contributed by atoms with Crippen molar-refractivity contribution in [2.24, 2.45) is 5.92 Å². The third-order valence-electron chi connectivity index (χ3n) is 4.67. The Labute approximate surface area is 165 Å². The van der Waals surface area contributed by atoms with Gasteiger partial charge in [0.15, 0.2) is 0 Å². The van der Waals surface area contributed by atoms with Crippen molar-refractivity contribution in [2.45, 2.75) is 32.9 Å². The Bertz CT molecular complexity index is 935. The van der Waals surface area contributed by atoms with Gasteiger partial charge in [-0.3, -0.25) is 9.59 Å². The highest BCUT2D eigenvalue weighted by Crippen LogP contribution is 2.16. The topological polar surface area (TPSA) is 76.0 Å². The molecule has 3 aromatic rings. The van der Waals surface area contributed by atoms with E-state index < -0.39 is 6.04 Å². The molecule has 1 unspecified atom stereocenters. The largest absolute Gasteiger partial charge is 0.353 e. The van der Waals surface area contributed by atoms with Gasteiger partial charge in [-0.2, -0.15) is 0 Å². The molecular formula is C22H26N4O2. The van der Waals surface area contributed by atoms with Gasteiger partial charge in [-0.1, -0.05) is 56.3 Å². The van der Waals surface area contributed by atoms with Crippen LogP contribution in [0, 0.1) is 5.92 Å². The van der Waals surface area contributed by atoms with Gasteiger partial charge in [0.05, 0.1) is 12.7 Å². The fourth-order valence-corrected chi connectivity index (χ4v) is 3.13. The van der Waals surface area contributed by atoms with Crippen LogP contribution in [0.3, 0.4) is 0 Å². The number of nitrogens with zero attached hydrogens (tertiary/aromatic N) is 2. The Balaban J connectivity index is 1.56. The molecule has 28 heavy (non-hydrogen) atoms. The summed E-state index contributed by atoms with van der Waals surface area (Å²) in [6.45, 7) is 4.98. The van der Waals surface area contributed by atoms with Crippen LogP contribution >= 0.6 is 0 Å². The summed E-state index contributed by atoms with van der Waals surface area (Å²) in [6, 6.07) is 13.5. The van der Waals surface area contributed by atoms with Crippen LogP contribution in [0.1, 0.15) is 19.4 Å². The third-order valence-corrected chi connectivity index (χ3v) is 4.67. The van der Waals surface area contributed by atoms with Crippen molar-refractivity contribution >= 4 is 22.6 Å². The maximum absolute atomic E-state index is 12.5. The predicted octanol–water partition coefficient (Wildman–Crippen LogP) is 2.54. The standard InChI is InChI=1S/C22H26N4O2/c1-16(2)21(22(28)24-10-12-26-11-9-23-15-26)25-20(27)14-17-7-8-18-5-3-4-6-19(18)13-17/h3-9,11,13,15-16,21H,10,12,14H2,1-2H3,(H,24,28)(H,25,27). The highest BCUT2D eigenvalue weighted by Gasteiger charge is 2.23. The number of aromatic nitrogens is 2. The fourth-order valence-electron chi connectivity index (χ4n) is 3.13. The average Bonchev–Trinajstić information content (AvgIpc) is 3.19. The molecule has 0 aliphatic rings. The lowest BCUT2D eigenvalue weighted by molar-refractivity contribution is -0.129. The lowest BCUT2D eigenvalue weighted by Crippen LogP contribution is -2.50. The summed E-state index contributed by atoms with van der Waals surface area (Å²) in [7, 11) is 0. The van der Waals surface area contributed by atoms with Gasteiger partial charge >= 0.3 is 0 Å². The van der Waals surface area contributed by atoms with Crippen molar-refractivity contribution in [1.82, 2.24) is 20.2 Å². The van der Waals surface area contributed by atoms with E-state index in [0.717, 1.165) is 16.3 Å². The lowest BCUT2D eigenvalue weighted by atomic mass is 10.0. The first-order valence-electron chi connectivity index (χ1n) is 9.53. The van der Waals surface area contributed by atoms with Gasteiger partial charge in [0.2, 0.25) is 11.8 Å². The van der Waals surface area contributed by atoms with Crippen LogP contribution < -0.4 is 10.6 Å². The van der Waals surface area contributed by atoms with Crippen LogP contribution in [-0.4, -0.2) is 34.0 Å². The van der Waals surface area contributed by atoms with Gasteiger partial charge in [-0.25, -0.2) is 4.98 Å². The number of hydrogen-bond acceptors (Lipinski definition) is 3. The Hall–Kier alpha value is -3.15. The van der Waals surface area contributed by atoms with Gasteiger partial charge in [-0.05, 0) is 22.3 Å². The third kappa shape index (κ3) is 5.19. The zero-order chi connectivity index (χ0) is 19.9. The number of amides is 2. The van der Waals surface area contributed by atoms with Gasteiger partial charge in [0.25, 0.3) is 0 Å². The second-order valence-electron chi connectivity index (χ2n) is 7.24. The lowest BCUT2D eigenvalue weighted by Gasteiger charge is -2.22. The minimum absolute atomic E-state index is 0.00574. The monoisotopic (exact) mass is 378 g/mol. The molecule has 0 saturated heterocycles. The highest BCUT2D eigenvalue weighted by molar-refractivity contribution is 5.89. The molecule has 6 nitrogen and oxygen atoms in total. The molecule has 2 aromatic carbocycles. The maximum Gasteiger partial charge on any atom is 0.242 e. The van der Waals surface area contributed by atoms with Crippen LogP contribution in [-0.2, 0) is 22.6 Å². The molecule has 0 spiro atoms. The Morgan fingerprint density at radius 3 is 2.61 bits per heavy atom. The normalized spacial score (nSPS) is 12.1. The zero-order valence-corrected chi connectivity index (χ0v) is 16.3. The Morgan fingerprint density at radius 2 is 1.89 bits per heavy atom. The van der Waals surface area contributed by atoms with E-state index in [1.807, 2.05) is 67.1 Å². The second kappa shape index (κ2) is 9.17. The quantitative estimate of drug-likeness (QED) is 0.632. The van der Waals surface area contributed by atoms with E-state index in [1.54, 1.807) is 12.5 Å². The molecule has 3 rings (SSSR count). The molecule has 0 saturated carbocycles. The Morgan fingerprint density at radius 1 is 1.11 bits per heavy atom. The number of carbonyl (C=O) groups is 2. The number of hydrogen-bond donors (Lipinski definition) is 2. The number of nitrogens with one attached hydrogen (secondary N) is 2. The summed E-state index contributed by atoms with van der Waals surface area (Å²) in [5.41, 5.74) is 0.930. The summed E-state index contributed by atoms with van der Waals surface area (Å²) in [5.74, 6) is -0.325. The molecule has 2 amide bonds. The fraction of sp³-hybridized carbons (Fsp3) is 0.318. The van der Waals surface area contributed by atoms with E-state index in [2.05, 4.69) is 15.6 Å². The van der Waals surface area contributed by atoms with Crippen LogP contribution in [0.4, 0.5) is 0 Å². The molecular weight excluding hydrogens is 352 g/mol. The predicted molar refractivity (Wildman–Crippen MR) is 110 cm³/mol. The van der Waals surface area contributed by atoms with Crippen molar-refractivity contribution in [3.8, 4) is 0 Å². The second-order valence-corrected chi connectivity index (χ2v) is 7.24. The number of benzene rings is 2. The van der Waals surface area contributed by atoms with Crippen molar-refractivity contribution in [3.05, 3.63) is 66.7 Å². The van der Waals surface area contributed by atoms with Crippen LogP contribution in [0.25, 0.3) is 10.8 Å². The van der Waals surface area contributed by atoms with E-state index in [9.17, 15) is 9.59 Å². The van der Waals surface area contributed by atoms with E-state index >= 15 is 0 Å². The molecule has 0 radical (unpaired) electrons. The molecule has 2 N–H and O–H groups in total. The zero-order valence-electron chi connectivity index (χ0n) is 16.3. The maximum atomic E-state index is 12.5. The van der Waals surface area contributed by atoms with E-state index in [4.69, 9.17) is 0 Å². The van der Waals surface area contributed by atoms with Crippen LogP contribution in [0.15, 0.2) is 61.2 Å². The number of carbonyl (C=O) groups excluding carboxylic acids is 2. The van der Waals surface area contributed by atoms with E-state index in [0.29, 0.717) is 13.1 Å². The minimum atomic E-state index is -0.559. The minimum Gasteiger partial charge on any atom is -0.353 e. The number of rotatable bonds is 8. The number of imidazole rings is 1. The first-order chi connectivity index (χ1) is 13.5. The SMILES string of the molecule is CC(C)C(NC(=O)Cc1ccc2ccccc2c1)C(=O)NCCn1ccnc1.